The molecule has 0 amide bonds. The molecule has 1 fully saturated rings. The molecule has 0 radical (unpaired) electrons. The molecule has 4 heteroatoms. The molecule has 1 heterocycles. The molecule has 5 rings (SSSR count). The van der Waals surface area contributed by atoms with Gasteiger partial charge in [0.2, 0.25) is 0 Å². The van der Waals surface area contributed by atoms with E-state index in [9.17, 15) is 0 Å². The van der Waals surface area contributed by atoms with Crippen LogP contribution >= 0.6 is 0 Å². The van der Waals surface area contributed by atoms with E-state index in [4.69, 9.17) is 0 Å². The van der Waals surface area contributed by atoms with Crippen molar-refractivity contribution in [3.8, 4) is 11.1 Å². The minimum absolute atomic E-state index is 0. The van der Waals surface area contributed by atoms with Crippen molar-refractivity contribution in [2.24, 2.45) is 0 Å². The van der Waals surface area contributed by atoms with Gasteiger partial charge in [-0.05, 0) is 18.9 Å². The maximum atomic E-state index is 3.45. The Kier molecular flexibility index (Phi) is 11.9. The zero-order valence-electron chi connectivity index (χ0n) is 16.6. The summed E-state index contributed by atoms with van der Waals surface area (Å²) in [4.78, 5) is 0. The Morgan fingerprint density at radius 1 is 0.964 bits per heavy atom. The van der Waals surface area contributed by atoms with Gasteiger partial charge in [0.1, 0.15) is 0 Å². The summed E-state index contributed by atoms with van der Waals surface area (Å²) in [6.45, 7) is 4.26. The fourth-order valence-corrected chi connectivity index (χ4v) is 7.72. The number of aryl methyl sites for hydroxylation is 2. The van der Waals surface area contributed by atoms with Crippen LogP contribution in [0.4, 0.5) is 0 Å². The van der Waals surface area contributed by atoms with Crippen LogP contribution in [-0.2, 0) is 29.8 Å². The molecule has 0 aromatic heterocycles. The van der Waals surface area contributed by atoms with Gasteiger partial charge in [-0.1, -0.05) is 36.2 Å². The Morgan fingerprint density at radius 3 is 2.21 bits per heavy atom. The Balaban J connectivity index is 0.000000252. The third-order valence-corrected chi connectivity index (χ3v) is 10.5. The van der Waals surface area contributed by atoms with Gasteiger partial charge < -0.3 is 24.8 Å². The Hall–Kier alpha value is -0.400. The molecule has 0 saturated carbocycles. The number of allylic oxidation sites excluding steroid dienone is 4. The quantitative estimate of drug-likeness (QED) is 0.305. The average molecular weight is 505 g/mol. The molecule has 0 unspecified atom stereocenters. The SMILES string of the molecule is Cc1[c-]c2c(cc1)-c1ccc(C)cc1C2.[C-]1=CC=CC1.[Cl-].[Cl-].[Zr+2]=[Si]1CCCC1. The summed E-state index contributed by atoms with van der Waals surface area (Å²) in [6, 6.07) is 17.8. The molecular weight excluding hydrogens is 478 g/mol. The van der Waals surface area contributed by atoms with E-state index in [1.807, 2.05) is 35.5 Å². The van der Waals surface area contributed by atoms with Gasteiger partial charge >= 0.3 is 53.7 Å². The number of fused-ring (bicyclic) bond motifs is 3. The summed E-state index contributed by atoms with van der Waals surface area (Å²) in [5.41, 5.74) is 8.49. The summed E-state index contributed by atoms with van der Waals surface area (Å²) >= 11 is 1.87. The second-order valence-electron chi connectivity index (χ2n) is 7.18. The fourth-order valence-electron chi connectivity index (χ4n) is 3.51. The number of hydrogen-bond donors (Lipinski definition) is 0. The van der Waals surface area contributed by atoms with Gasteiger partial charge in [-0.25, -0.2) is 12.2 Å². The van der Waals surface area contributed by atoms with Crippen molar-refractivity contribution in [3.05, 3.63) is 83.0 Å². The summed E-state index contributed by atoms with van der Waals surface area (Å²) in [6.07, 6.45) is 14.2. The standard InChI is InChI=1S/C15H13.C5H5.C4H8Si.2ClH.Zr/c1-10-3-5-14-12(7-10)9-13-8-11(2)4-6-15(13)14;2*1-2-4-5-3-1;;;/h3-7H,9H2,1-2H3;1-3H,4H2;1-4H2;2*1H;/q2*-1;;;;+2/p-2. The summed E-state index contributed by atoms with van der Waals surface area (Å²) in [7, 11) is 0. The van der Waals surface area contributed by atoms with Crippen LogP contribution in [0.15, 0.2) is 48.6 Å². The van der Waals surface area contributed by atoms with Crippen molar-refractivity contribution < 1.29 is 48.1 Å². The zero-order valence-corrected chi connectivity index (χ0v) is 21.6. The van der Waals surface area contributed by atoms with Gasteiger partial charge in [-0.2, -0.15) is 29.8 Å². The van der Waals surface area contributed by atoms with Crippen LogP contribution in [0.2, 0.25) is 12.1 Å². The number of halogens is 2. The van der Waals surface area contributed by atoms with E-state index in [0.29, 0.717) is 5.43 Å². The maximum absolute atomic E-state index is 3.45. The monoisotopic (exact) mass is 502 g/mol. The predicted molar refractivity (Wildman–Crippen MR) is 109 cm³/mol. The van der Waals surface area contributed by atoms with Gasteiger partial charge in [0, 0.05) is 0 Å². The molecule has 2 aromatic carbocycles. The van der Waals surface area contributed by atoms with Crippen LogP contribution in [-0.4, -0.2) is 5.43 Å². The number of rotatable bonds is 0. The first kappa shape index (κ1) is 25.6. The van der Waals surface area contributed by atoms with Crippen LogP contribution in [0.25, 0.3) is 11.1 Å². The van der Waals surface area contributed by atoms with Gasteiger partial charge in [-0.3, -0.25) is 6.08 Å². The molecule has 1 saturated heterocycles. The van der Waals surface area contributed by atoms with Crippen LogP contribution in [0.1, 0.15) is 41.5 Å². The summed E-state index contributed by atoms with van der Waals surface area (Å²) < 4.78 is 0. The number of benzene rings is 2. The van der Waals surface area contributed by atoms with Crippen molar-refractivity contribution in [3.63, 3.8) is 0 Å². The van der Waals surface area contributed by atoms with Gasteiger partial charge in [0.15, 0.2) is 0 Å². The first-order valence-electron chi connectivity index (χ1n) is 9.53. The van der Waals surface area contributed by atoms with Crippen molar-refractivity contribution in [1.29, 1.82) is 0 Å². The van der Waals surface area contributed by atoms with E-state index < -0.39 is 0 Å². The molecule has 28 heavy (non-hydrogen) atoms. The third-order valence-electron chi connectivity index (χ3n) is 4.88. The van der Waals surface area contributed by atoms with E-state index in [2.05, 4.69) is 62.4 Å². The number of hydrogen-bond acceptors (Lipinski definition) is 0. The van der Waals surface area contributed by atoms with Crippen molar-refractivity contribution in [1.82, 2.24) is 0 Å². The van der Waals surface area contributed by atoms with E-state index in [1.54, 1.807) is 24.9 Å². The average Bonchev–Trinajstić information content (AvgIpc) is 3.37. The molecule has 2 aliphatic carbocycles. The molecular formula is C24H26Cl2SiZr-2. The van der Waals surface area contributed by atoms with Crippen LogP contribution in [0.3, 0.4) is 0 Å². The topological polar surface area (TPSA) is 0 Å². The fraction of sp³-hybridized carbons (Fsp3) is 0.333. The molecule has 2 aromatic rings. The third kappa shape index (κ3) is 7.45. The molecule has 0 spiro atoms. The first-order chi connectivity index (χ1) is 12.6. The Bertz CT molecular complexity index is 788. The van der Waals surface area contributed by atoms with E-state index in [1.165, 1.54) is 33.4 Å². The Morgan fingerprint density at radius 2 is 1.68 bits per heavy atom. The van der Waals surface area contributed by atoms with Crippen molar-refractivity contribution in [2.45, 2.75) is 51.6 Å². The van der Waals surface area contributed by atoms with Crippen molar-refractivity contribution >= 4 is 5.43 Å². The van der Waals surface area contributed by atoms with E-state index in [-0.39, 0.29) is 24.8 Å². The van der Waals surface area contributed by atoms with Gasteiger partial charge in [0.25, 0.3) is 0 Å². The second kappa shape index (κ2) is 13.0. The van der Waals surface area contributed by atoms with E-state index >= 15 is 0 Å². The molecule has 3 aliphatic rings. The Labute approximate surface area is 198 Å². The normalized spacial score (nSPS) is 14.6. The summed E-state index contributed by atoms with van der Waals surface area (Å²) in [5.74, 6) is 0. The molecule has 0 N–H and O–H groups in total. The van der Waals surface area contributed by atoms with Crippen molar-refractivity contribution in [2.75, 3.05) is 0 Å². The van der Waals surface area contributed by atoms with E-state index in [0.717, 1.165) is 12.8 Å². The predicted octanol–water partition coefficient (Wildman–Crippen LogP) is 0.307. The van der Waals surface area contributed by atoms with Gasteiger partial charge in [0.05, 0.1) is 0 Å². The minimum atomic E-state index is 0. The molecule has 0 bridgehead atoms. The second-order valence-corrected chi connectivity index (χ2v) is 14.6. The van der Waals surface area contributed by atoms with Crippen LogP contribution in [0, 0.1) is 26.0 Å². The summed E-state index contributed by atoms with van der Waals surface area (Å²) in [5, 5.41) is 0. The van der Waals surface area contributed by atoms with Crippen LogP contribution < -0.4 is 24.8 Å². The molecule has 146 valence electrons. The molecule has 1 aliphatic heterocycles. The van der Waals surface area contributed by atoms with Crippen LogP contribution in [0.5, 0.6) is 0 Å². The molecule has 0 nitrogen and oxygen atoms in total. The zero-order chi connectivity index (χ0) is 18.4. The first-order valence-corrected chi connectivity index (χ1v) is 15.1. The van der Waals surface area contributed by atoms with Gasteiger partial charge in [-0.15, -0.1) is 17.5 Å². The molecule has 0 atom stereocenters.